The standard InChI is InChI=1S/C19H17F2N3O2/c1-26-17-12-24(16-8-6-15(21)7-9-16)23-18(17)19(25)22-11-10-13-2-4-14(20)5-3-13/h2-9,12H,10-11H2,1H3,(H,22,25). The zero-order valence-electron chi connectivity index (χ0n) is 14.1. The third-order valence-corrected chi connectivity index (χ3v) is 3.82. The molecule has 0 aliphatic carbocycles. The summed E-state index contributed by atoms with van der Waals surface area (Å²) in [6.45, 7) is 0.372. The van der Waals surface area contributed by atoms with Crippen LogP contribution in [0.1, 0.15) is 16.1 Å². The Bertz CT molecular complexity index is 890. The summed E-state index contributed by atoms with van der Waals surface area (Å²) in [6, 6.07) is 11.8. The number of carbonyl (C=O) groups is 1. The van der Waals surface area contributed by atoms with Gasteiger partial charge in [0.15, 0.2) is 11.4 Å². The quantitative estimate of drug-likeness (QED) is 0.737. The average Bonchev–Trinajstić information content (AvgIpc) is 3.08. The van der Waals surface area contributed by atoms with Crippen LogP contribution in [0.5, 0.6) is 5.75 Å². The van der Waals surface area contributed by atoms with Crippen LogP contribution in [0, 0.1) is 11.6 Å². The topological polar surface area (TPSA) is 56.2 Å². The Labute approximate surface area is 149 Å². The van der Waals surface area contributed by atoms with Crippen LogP contribution < -0.4 is 10.1 Å². The largest absolute Gasteiger partial charge is 0.493 e. The predicted octanol–water partition coefficient (Wildman–Crippen LogP) is 3.13. The number of hydrogen-bond donors (Lipinski definition) is 1. The molecule has 0 radical (unpaired) electrons. The van der Waals surface area contributed by atoms with Crippen molar-refractivity contribution >= 4 is 5.91 Å². The van der Waals surface area contributed by atoms with Gasteiger partial charge in [-0.25, -0.2) is 13.5 Å². The summed E-state index contributed by atoms with van der Waals surface area (Å²) in [4.78, 5) is 12.4. The number of methoxy groups -OCH3 is 1. The second kappa shape index (κ2) is 7.77. The number of nitrogens with one attached hydrogen (secondary N) is 1. The third-order valence-electron chi connectivity index (χ3n) is 3.82. The van der Waals surface area contributed by atoms with Gasteiger partial charge in [0.05, 0.1) is 19.0 Å². The molecule has 1 heterocycles. The molecule has 26 heavy (non-hydrogen) atoms. The van der Waals surface area contributed by atoms with Gasteiger partial charge in [-0.3, -0.25) is 4.79 Å². The van der Waals surface area contributed by atoms with Crippen molar-refractivity contribution in [1.29, 1.82) is 0 Å². The van der Waals surface area contributed by atoms with Crippen molar-refractivity contribution < 1.29 is 18.3 Å². The maximum absolute atomic E-state index is 13.0. The first-order chi connectivity index (χ1) is 12.6. The fraction of sp³-hybridized carbons (Fsp3) is 0.158. The minimum absolute atomic E-state index is 0.135. The summed E-state index contributed by atoms with van der Waals surface area (Å²) in [6.07, 6.45) is 2.12. The van der Waals surface area contributed by atoms with E-state index in [9.17, 15) is 13.6 Å². The van der Waals surface area contributed by atoms with E-state index in [1.807, 2.05) is 0 Å². The average molecular weight is 357 g/mol. The van der Waals surface area contributed by atoms with E-state index in [-0.39, 0.29) is 23.2 Å². The van der Waals surface area contributed by atoms with Gasteiger partial charge in [-0.15, -0.1) is 0 Å². The fourth-order valence-electron chi connectivity index (χ4n) is 2.45. The summed E-state index contributed by atoms with van der Waals surface area (Å²) in [5, 5.41) is 6.99. The Morgan fingerprint density at radius 3 is 2.31 bits per heavy atom. The molecule has 0 saturated heterocycles. The lowest BCUT2D eigenvalue weighted by Crippen LogP contribution is -2.26. The van der Waals surface area contributed by atoms with Gasteiger partial charge in [-0.2, -0.15) is 5.10 Å². The summed E-state index contributed by atoms with van der Waals surface area (Å²) < 4.78 is 32.6. The Balaban J connectivity index is 1.68. The van der Waals surface area contributed by atoms with Gasteiger partial charge in [-0.05, 0) is 48.4 Å². The number of nitrogens with zero attached hydrogens (tertiary/aromatic N) is 2. The van der Waals surface area contributed by atoms with Crippen molar-refractivity contribution in [2.45, 2.75) is 6.42 Å². The molecular weight excluding hydrogens is 340 g/mol. The van der Waals surface area contributed by atoms with E-state index in [1.54, 1.807) is 30.5 Å². The van der Waals surface area contributed by atoms with Gasteiger partial charge >= 0.3 is 0 Å². The Morgan fingerprint density at radius 1 is 1.08 bits per heavy atom. The molecule has 0 unspecified atom stereocenters. The third kappa shape index (κ3) is 4.05. The van der Waals surface area contributed by atoms with Gasteiger partial charge in [0, 0.05) is 6.54 Å². The molecule has 3 rings (SSSR count). The summed E-state index contributed by atoms with van der Waals surface area (Å²) in [7, 11) is 1.45. The molecule has 134 valence electrons. The van der Waals surface area contributed by atoms with Crippen LogP contribution in [0.3, 0.4) is 0 Å². The van der Waals surface area contributed by atoms with Crippen LogP contribution in [-0.2, 0) is 6.42 Å². The van der Waals surface area contributed by atoms with E-state index in [1.165, 1.54) is 36.1 Å². The molecule has 0 aliphatic heterocycles. The van der Waals surface area contributed by atoms with E-state index in [4.69, 9.17) is 4.74 Å². The van der Waals surface area contributed by atoms with Crippen LogP contribution >= 0.6 is 0 Å². The fourth-order valence-corrected chi connectivity index (χ4v) is 2.45. The van der Waals surface area contributed by atoms with Crippen molar-refractivity contribution in [3.8, 4) is 11.4 Å². The molecule has 5 nitrogen and oxygen atoms in total. The minimum Gasteiger partial charge on any atom is -0.493 e. The smallest absolute Gasteiger partial charge is 0.275 e. The molecule has 2 aromatic carbocycles. The van der Waals surface area contributed by atoms with E-state index in [0.29, 0.717) is 24.4 Å². The molecule has 0 fully saturated rings. The summed E-state index contributed by atoms with van der Waals surface area (Å²) in [5.41, 5.74) is 1.65. The molecule has 0 aliphatic rings. The molecule has 0 saturated carbocycles. The normalized spacial score (nSPS) is 10.6. The van der Waals surface area contributed by atoms with Gasteiger partial charge < -0.3 is 10.1 Å². The second-order valence-corrected chi connectivity index (χ2v) is 5.60. The van der Waals surface area contributed by atoms with E-state index in [2.05, 4.69) is 10.4 Å². The molecule has 1 N–H and O–H groups in total. The van der Waals surface area contributed by atoms with Crippen LogP contribution in [-0.4, -0.2) is 29.3 Å². The molecule has 3 aromatic rings. The van der Waals surface area contributed by atoms with Gasteiger partial charge in [0.1, 0.15) is 11.6 Å². The van der Waals surface area contributed by atoms with Crippen LogP contribution in [0.15, 0.2) is 54.7 Å². The van der Waals surface area contributed by atoms with E-state index >= 15 is 0 Å². The lowest BCUT2D eigenvalue weighted by atomic mass is 10.1. The molecule has 0 spiro atoms. The van der Waals surface area contributed by atoms with Crippen LogP contribution in [0.4, 0.5) is 8.78 Å². The van der Waals surface area contributed by atoms with Gasteiger partial charge in [0.2, 0.25) is 0 Å². The Morgan fingerprint density at radius 2 is 1.69 bits per heavy atom. The summed E-state index contributed by atoms with van der Waals surface area (Å²) >= 11 is 0. The molecule has 1 amide bonds. The number of amides is 1. The molecule has 0 bridgehead atoms. The molecule has 7 heteroatoms. The van der Waals surface area contributed by atoms with Crippen molar-refractivity contribution in [1.82, 2.24) is 15.1 Å². The van der Waals surface area contributed by atoms with Crippen molar-refractivity contribution in [2.75, 3.05) is 13.7 Å². The highest BCUT2D eigenvalue weighted by atomic mass is 19.1. The number of halogens is 2. The maximum atomic E-state index is 13.0. The highest BCUT2D eigenvalue weighted by Gasteiger charge is 2.18. The number of aromatic nitrogens is 2. The van der Waals surface area contributed by atoms with Crippen molar-refractivity contribution in [2.24, 2.45) is 0 Å². The lowest BCUT2D eigenvalue weighted by molar-refractivity contribution is 0.0945. The summed E-state index contributed by atoms with van der Waals surface area (Å²) in [5.74, 6) is -0.723. The zero-order chi connectivity index (χ0) is 18.5. The predicted molar refractivity (Wildman–Crippen MR) is 92.5 cm³/mol. The van der Waals surface area contributed by atoms with Crippen LogP contribution in [0.25, 0.3) is 5.69 Å². The Hall–Kier alpha value is -3.22. The number of carbonyl (C=O) groups excluding carboxylic acids is 1. The van der Waals surface area contributed by atoms with Gasteiger partial charge in [0.25, 0.3) is 5.91 Å². The van der Waals surface area contributed by atoms with Crippen molar-refractivity contribution in [3.63, 3.8) is 0 Å². The first-order valence-electron chi connectivity index (χ1n) is 7.99. The number of benzene rings is 2. The lowest BCUT2D eigenvalue weighted by Gasteiger charge is -2.05. The monoisotopic (exact) mass is 357 g/mol. The van der Waals surface area contributed by atoms with E-state index in [0.717, 1.165) is 5.56 Å². The number of ether oxygens (including phenoxy) is 1. The zero-order valence-corrected chi connectivity index (χ0v) is 14.1. The Kier molecular flexibility index (Phi) is 5.26. The first kappa shape index (κ1) is 17.6. The highest BCUT2D eigenvalue weighted by Crippen LogP contribution is 2.19. The first-order valence-corrected chi connectivity index (χ1v) is 7.99. The van der Waals surface area contributed by atoms with Crippen molar-refractivity contribution in [3.05, 3.63) is 77.6 Å². The SMILES string of the molecule is COc1cn(-c2ccc(F)cc2)nc1C(=O)NCCc1ccc(F)cc1. The molecular formula is C19H17F2N3O2. The van der Waals surface area contributed by atoms with E-state index < -0.39 is 0 Å². The number of rotatable bonds is 6. The minimum atomic E-state index is -0.384. The highest BCUT2D eigenvalue weighted by molar-refractivity contribution is 5.94. The van der Waals surface area contributed by atoms with Crippen LogP contribution in [0.2, 0.25) is 0 Å². The second-order valence-electron chi connectivity index (χ2n) is 5.60. The number of hydrogen-bond acceptors (Lipinski definition) is 3. The van der Waals surface area contributed by atoms with Gasteiger partial charge in [-0.1, -0.05) is 12.1 Å². The molecule has 1 aromatic heterocycles. The molecule has 0 atom stereocenters. The maximum Gasteiger partial charge on any atom is 0.275 e.